The maximum atomic E-state index is 5.83. The molecule has 1 saturated carbocycles. The summed E-state index contributed by atoms with van der Waals surface area (Å²) < 4.78 is 11.0. The summed E-state index contributed by atoms with van der Waals surface area (Å²) >= 11 is 0. The second kappa shape index (κ2) is 6.21. The van der Waals surface area contributed by atoms with Crippen molar-refractivity contribution in [2.45, 2.75) is 45.4 Å². The molecule has 1 atom stereocenters. The van der Waals surface area contributed by atoms with E-state index < -0.39 is 0 Å². The van der Waals surface area contributed by atoms with E-state index in [9.17, 15) is 0 Å². The van der Waals surface area contributed by atoms with Gasteiger partial charge in [-0.05, 0) is 32.8 Å². The molecule has 1 aliphatic rings. The highest BCUT2D eigenvalue weighted by Gasteiger charge is 2.20. The SMILES string of the molecule is COC(C)COc1ccc(C)cc1CNC1CC1. The van der Waals surface area contributed by atoms with Crippen LogP contribution in [-0.2, 0) is 11.3 Å². The lowest BCUT2D eigenvalue weighted by molar-refractivity contribution is 0.0712. The number of methoxy groups -OCH3 is 1. The minimum atomic E-state index is 0.121. The van der Waals surface area contributed by atoms with Gasteiger partial charge in [0.25, 0.3) is 0 Å². The number of nitrogens with one attached hydrogen (secondary N) is 1. The van der Waals surface area contributed by atoms with Crippen molar-refractivity contribution in [3.63, 3.8) is 0 Å². The molecule has 1 aromatic rings. The van der Waals surface area contributed by atoms with Gasteiger partial charge in [0.15, 0.2) is 0 Å². The third-order valence-corrected chi connectivity index (χ3v) is 3.25. The Kier molecular flexibility index (Phi) is 4.61. The molecule has 18 heavy (non-hydrogen) atoms. The quantitative estimate of drug-likeness (QED) is 0.806. The van der Waals surface area contributed by atoms with Gasteiger partial charge in [-0.2, -0.15) is 0 Å². The maximum Gasteiger partial charge on any atom is 0.123 e. The molecule has 100 valence electrons. The molecule has 1 aliphatic carbocycles. The fourth-order valence-corrected chi connectivity index (χ4v) is 1.80. The predicted octanol–water partition coefficient (Wildman–Crippen LogP) is 2.66. The molecule has 0 heterocycles. The molecule has 1 aromatic carbocycles. The molecule has 1 unspecified atom stereocenters. The van der Waals surface area contributed by atoms with Crippen molar-refractivity contribution >= 4 is 0 Å². The van der Waals surface area contributed by atoms with Crippen LogP contribution >= 0.6 is 0 Å². The number of hydrogen-bond acceptors (Lipinski definition) is 3. The standard InChI is InChI=1S/C15H23NO2/c1-11-4-7-15(18-10-12(2)17-3)13(8-11)9-16-14-5-6-14/h4,7-8,12,14,16H,5-6,9-10H2,1-3H3. The summed E-state index contributed by atoms with van der Waals surface area (Å²) in [5.74, 6) is 0.970. The fraction of sp³-hybridized carbons (Fsp3) is 0.600. The van der Waals surface area contributed by atoms with Crippen molar-refractivity contribution in [3.05, 3.63) is 29.3 Å². The molecule has 3 heteroatoms. The van der Waals surface area contributed by atoms with Crippen LogP contribution in [0.15, 0.2) is 18.2 Å². The second-order valence-corrected chi connectivity index (χ2v) is 5.12. The van der Waals surface area contributed by atoms with Gasteiger partial charge >= 0.3 is 0 Å². The summed E-state index contributed by atoms with van der Waals surface area (Å²) in [6.45, 7) is 5.61. The first-order chi connectivity index (χ1) is 8.69. The van der Waals surface area contributed by atoms with Gasteiger partial charge in [-0.3, -0.25) is 0 Å². The highest BCUT2D eigenvalue weighted by atomic mass is 16.5. The highest BCUT2D eigenvalue weighted by Crippen LogP contribution is 2.23. The van der Waals surface area contributed by atoms with E-state index in [1.165, 1.54) is 24.0 Å². The molecule has 2 rings (SSSR count). The average molecular weight is 249 g/mol. The summed E-state index contributed by atoms with van der Waals surface area (Å²) in [6.07, 6.45) is 2.74. The number of rotatable bonds is 7. The van der Waals surface area contributed by atoms with Gasteiger partial charge in [-0.15, -0.1) is 0 Å². The van der Waals surface area contributed by atoms with Crippen LogP contribution in [0.1, 0.15) is 30.9 Å². The van der Waals surface area contributed by atoms with E-state index in [1.807, 2.05) is 6.92 Å². The Morgan fingerprint density at radius 2 is 2.17 bits per heavy atom. The molecular formula is C15H23NO2. The lowest BCUT2D eigenvalue weighted by Gasteiger charge is -2.15. The average Bonchev–Trinajstić information content (AvgIpc) is 3.18. The Labute approximate surface area is 109 Å². The van der Waals surface area contributed by atoms with Crippen LogP contribution in [0.3, 0.4) is 0 Å². The molecule has 0 aromatic heterocycles. The van der Waals surface area contributed by atoms with Crippen molar-refractivity contribution < 1.29 is 9.47 Å². The minimum absolute atomic E-state index is 0.121. The van der Waals surface area contributed by atoms with Gasteiger partial charge in [0.2, 0.25) is 0 Å². The molecule has 3 nitrogen and oxygen atoms in total. The zero-order chi connectivity index (χ0) is 13.0. The van der Waals surface area contributed by atoms with Crippen LogP contribution in [0, 0.1) is 6.92 Å². The summed E-state index contributed by atoms with van der Waals surface area (Å²) in [4.78, 5) is 0. The van der Waals surface area contributed by atoms with Crippen LogP contribution in [0.25, 0.3) is 0 Å². The molecule has 1 N–H and O–H groups in total. The third-order valence-electron chi connectivity index (χ3n) is 3.25. The Bertz CT molecular complexity index is 388. The first-order valence-electron chi connectivity index (χ1n) is 6.67. The molecule has 0 radical (unpaired) electrons. The van der Waals surface area contributed by atoms with Gasteiger partial charge in [0.05, 0.1) is 6.10 Å². The summed E-state index contributed by atoms with van der Waals surface area (Å²) in [6, 6.07) is 7.06. The van der Waals surface area contributed by atoms with Crippen LogP contribution in [-0.4, -0.2) is 25.9 Å². The first-order valence-corrected chi connectivity index (χ1v) is 6.67. The van der Waals surface area contributed by atoms with Crippen molar-refractivity contribution in [3.8, 4) is 5.75 Å². The molecule has 0 spiro atoms. The van der Waals surface area contributed by atoms with Gasteiger partial charge < -0.3 is 14.8 Å². The zero-order valence-corrected chi connectivity index (χ0v) is 11.5. The largest absolute Gasteiger partial charge is 0.491 e. The van der Waals surface area contributed by atoms with E-state index in [1.54, 1.807) is 7.11 Å². The Morgan fingerprint density at radius 3 is 2.83 bits per heavy atom. The smallest absolute Gasteiger partial charge is 0.123 e. The van der Waals surface area contributed by atoms with Crippen LogP contribution in [0.4, 0.5) is 0 Å². The number of ether oxygens (including phenoxy) is 2. The van der Waals surface area contributed by atoms with Crippen molar-refractivity contribution in [2.24, 2.45) is 0 Å². The maximum absolute atomic E-state index is 5.83. The summed E-state index contributed by atoms with van der Waals surface area (Å²) in [5.41, 5.74) is 2.51. The Balaban J connectivity index is 1.97. The monoisotopic (exact) mass is 249 g/mol. The lowest BCUT2D eigenvalue weighted by Crippen LogP contribution is -2.19. The topological polar surface area (TPSA) is 30.5 Å². The van der Waals surface area contributed by atoms with Crippen LogP contribution in [0.5, 0.6) is 5.75 Å². The minimum Gasteiger partial charge on any atom is -0.491 e. The van der Waals surface area contributed by atoms with E-state index >= 15 is 0 Å². The van der Waals surface area contributed by atoms with E-state index in [0.717, 1.165) is 18.3 Å². The Hall–Kier alpha value is -1.06. The molecule has 0 amide bonds. The van der Waals surface area contributed by atoms with E-state index in [2.05, 4.69) is 30.4 Å². The Morgan fingerprint density at radius 1 is 1.39 bits per heavy atom. The number of hydrogen-bond donors (Lipinski definition) is 1. The first kappa shape index (κ1) is 13.4. The third kappa shape index (κ3) is 4.00. The predicted molar refractivity (Wildman–Crippen MR) is 73.0 cm³/mol. The number of aryl methyl sites for hydroxylation is 1. The van der Waals surface area contributed by atoms with E-state index in [4.69, 9.17) is 9.47 Å². The van der Waals surface area contributed by atoms with Crippen LogP contribution < -0.4 is 10.1 Å². The van der Waals surface area contributed by atoms with Gasteiger partial charge in [-0.1, -0.05) is 17.7 Å². The molecule has 0 aliphatic heterocycles. The fourth-order valence-electron chi connectivity index (χ4n) is 1.80. The lowest BCUT2D eigenvalue weighted by atomic mass is 10.1. The molecular weight excluding hydrogens is 226 g/mol. The van der Waals surface area contributed by atoms with Gasteiger partial charge in [-0.25, -0.2) is 0 Å². The highest BCUT2D eigenvalue weighted by molar-refractivity contribution is 5.37. The zero-order valence-electron chi connectivity index (χ0n) is 11.5. The molecule has 0 saturated heterocycles. The van der Waals surface area contributed by atoms with Gasteiger partial charge in [0, 0.05) is 25.3 Å². The van der Waals surface area contributed by atoms with Crippen molar-refractivity contribution in [1.82, 2.24) is 5.32 Å². The molecule has 1 fully saturated rings. The second-order valence-electron chi connectivity index (χ2n) is 5.12. The summed E-state index contributed by atoms with van der Waals surface area (Å²) in [7, 11) is 1.71. The summed E-state index contributed by atoms with van der Waals surface area (Å²) in [5, 5.41) is 3.53. The molecule has 0 bridgehead atoms. The normalized spacial score (nSPS) is 16.6. The number of benzene rings is 1. The van der Waals surface area contributed by atoms with Crippen LogP contribution in [0.2, 0.25) is 0 Å². The van der Waals surface area contributed by atoms with Gasteiger partial charge in [0.1, 0.15) is 12.4 Å². The van der Waals surface area contributed by atoms with E-state index in [0.29, 0.717) is 6.61 Å². The van der Waals surface area contributed by atoms with Crippen molar-refractivity contribution in [1.29, 1.82) is 0 Å². The van der Waals surface area contributed by atoms with Crippen molar-refractivity contribution in [2.75, 3.05) is 13.7 Å². The van der Waals surface area contributed by atoms with E-state index in [-0.39, 0.29) is 6.10 Å².